The van der Waals surface area contributed by atoms with Crippen LogP contribution in [0.15, 0.2) is 42.2 Å². The van der Waals surface area contributed by atoms with Crippen LogP contribution >= 0.6 is 0 Å². The van der Waals surface area contributed by atoms with E-state index >= 15 is 0 Å². The first-order valence-electron chi connectivity index (χ1n) is 9.83. The number of piperidine rings is 1. The lowest BCUT2D eigenvalue weighted by Gasteiger charge is -2.51. The van der Waals surface area contributed by atoms with E-state index in [1.807, 2.05) is 38.1 Å². The van der Waals surface area contributed by atoms with Gasteiger partial charge in [0.15, 0.2) is 5.82 Å². The number of amides is 3. The molecule has 2 aromatic rings. The maximum absolute atomic E-state index is 13.2. The van der Waals surface area contributed by atoms with Gasteiger partial charge in [-0.3, -0.25) is 14.7 Å². The number of primary amides is 1. The molecule has 2 aliphatic rings. The van der Waals surface area contributed by atoms with Gasteiger partial charge in [-0.25, -0.2) is 9.78 Å². The Balaban J connectivity index is 1.78. The van der Waals surface area contributed by atoms with Crippen LogP contribution in [-0.4, -0.2) is 39.9 Å². The molecule has 3 amide bonds. The monoisotopic (exact) mass is 391 g/mol. The number of urea groups is 1. The highest BCUT2D eigenvalue weighted by molar-refractivity contribution is 5.97. The first kappa shape index (κ1) is 19.1. The number of allylic oxidation sites excluding steroid dienone is 1. The summed E-state index contributed by atoms with van der Waals surface area (Å²) in [7, 11) is 0. The van der Waals surface area contributed by atoms with Crippen molar-refractivity contribution >= 4 is 23.8 Å². The number of nitrogens with zero attached hydrogens (tertiary/aromatic N) is 4. The van der Waals surface area contributed by atoms with E-state index in [-0.39, 0.29) is 5.91 Å². The molecular weight excluding hydrogens is 366 g/mol. The molecular formula is C22H25N5O2. The average Bonchev–Trinajstić information content (AvgIpc) is 2.69. The molecule has 0 radical (unpaired) electrons. The molecule has 1 aromatic carbocycles. The summed E-state index contributed by atoms with van der Waals surface area (Å²) in [5, 5.41) is 0. The Morgan fingerprint density at radius 1 is 1.14 bits per heavy atom. The number of carbonyl (C=O) groups is 2. The molecule has 1 fully saturated rings. The predicted molar refractivity (Wildman–Crippen MR) is 111 cm³/mol. The smallest absolute Gasteiger partial charge is 0.314 e. The van der Waals surface area contributed by atoms with Crippen molar-refractivity contribution in [2.24, 2.45) is 5.73 Å². The molecule has 2 N–H and O–H groups in total. The van der Waals surface area contributed by atoms with E-state index in [2.05, 4.69) is 16.0 Å². The number of rotatable bonds is 2. The standard InChI is InChI=1S/C22H25N5O2/c1-15(2)11-17-13-25-19(14-24-17)27-20(28)12-16-5-3-4-6-18(16)22(27)7-9-26(10-8-22)21(23)29/h3-6,11,13-14H,7-10,12H2,1-2H3,(H2,23,29). The van der Waals surface area contributed by atoms with Gasteiger partial charge in [-0.05, 0) is 43.9 Å². The number of anilines is 1. The molecule has 7 heteroatoms. The van der Waals surface area contributed by atoms with Crippen LogP contribution in [0.2, 0.25) is 0 Å². The van der Waals surface area contributed by atoms with E-state index in [1.165, 1.54) is 0 Å². The van der Waals surface area contributed by atoms with Crippen LogP contribution in [0.25, 0.3) is 6.08 Å². The van der Waals surface area contributed by atoms with E-state index in [1.54, 1.807) is 22.2 Å². The Morgan fingerprint density at radius 3 is 2.48 bits per heavy atom. The first-order valence-corrected chi connectivity index (χ1v) is 9.83. The first-order chi connectivity index (χ1) is 13.9. The quantitative estimate of drug-likeness (QED) is 0.852. The second-order valence-electron chi connectivity index (χ2n) is 7.94. The number of hydrogen-bond donors (Lipinski definition) is 1. The molecule has 0 saturated carbocycles. The van der Waals surface area contributed by atoms with Crippen molar-refractivity contribution < 1.29 is 9.59 Å². The Kier molecular flexibility index (Phi) is 4.82. The van der Waals surface area contributed by atoms with Crippen LogP contribution in [0, 0.1) is 0 Å². The molecule has 150 valence electrons. The van der Waals surface area contributed by atoms with Gasteiger partial charge in [0, 0.05) is 13.1 Å². The summed E-state index contributed by atoms with van der Waals surface area (Å²) in [6.07, 6.45) is 6.86. The summed E-state index contributed by atoms with van der Waals surface area (Å²) in [6.45, 7) is 5.00. The topological polar surface area (TPSA) is 92.4 Å². The molecule has 3 heterocycles. The third kappa shape index (κ3) is 3.37. The van der Waals surface area contributed by atoms with Crippen molar-refractivity contribution in [3.8, 4) is 0 Å². The molecule has 1 spiro atoms. The van der Waals surface area contributed by atoms with E-state index < -0.39 is 11.6 Å². The van der Waals surface area contributed by atoms with Crippen molar-refractivity contribution in [3.63, 3.8) is 0 Å². The van der Waals surface area contributed by atoms with Gasteiger partial charge in [0.25, 0.3) is 0 Å². The Labute approximate surface area is 170 Å². The second kappa shape index (κ2) is 7.31. The normalized spacial score (nSPS) is 17.8. The second-order valence-corrected chi connectivity index (χ2v) is 7.94. The zero-order valence-corrected chi connectivity index (χ0v) is 16.8. The third-order valence-electron chi connectivity index (χ3n) is 5.76. The fourth-order valence-corrected chi connectivity index (χ4v) is 4.48. The fourth-order valence-electron chi connectivity index (χ4n) is 4.48. The Hall–Kier alpha value is -3.22. The van der Waals surface area contributed by atoms with E-state index in [9.17, 15) is 9.59 Å². The maximum Gasteiger partial charge on any atom is 0.314 e. The number of hydrogen-bond acceptors (Lipinski definition) is 4. The lowest BCUT2D eigenvalue weighted by molar-refractivity contribution is -0.120. The highest BCUT2D eigenvalue weighted by atomic mass is 16.2. The highest BCUT2D eigenvalue weighted by Crippen LogP contribution is 2.45. The van der Waals surface area contributed by atoms with Crippen molar-refractivity contribution in [1.29, 1.82) is 0 Å². The minimum Gasteiger partial charge on any atom is -0.351 e. The minimum atomic E-state index is -0.551. The molecule has 7 nitrogen and oxygen atoms in total. The van der Waals surface area contributed by atoms with Gasteiger partial charge in [-0.2, -0.15) is 0 Å². The SMILES string of the molecule is CC(C)=Cc1cnc(N2C(=O)Cc3ccccc3C23CCN(C(N)=O)CC3)cn1. The number of fused-ring (bicyclic) bond motifs is 2. The van der Waals surface area contributed by atoms with Crippen molar-refractivity contribution in [3.05, 3.63) is 59.1 Å². The number of aromatic nitrogens is 2. The van der Waals surface area contributed by atoms with Crippen LogP contribution in [0.4, 0.5) is 10.6 Å². The van der Waals surface area contributed by atoms with Gasteiger partial charge in [-0.1, -0.05) is 29.8 Å². The Bertz CT molecular complexity index is 971. The van der Waals surface area contributed by atoms with E-state index in [0.29, 0.717) is 38.2 Å². The number of nitrogens with two attached hydrogens (primary N) is 1. The molecule has 29 heavy (non-hydrogen) atoms. The molecule has 0 unspecified atom stereocenters. The van der Waals surface area contributed by atoms with E-state index in [4.69, 9.17) is 5.73 Å². The van der Waals surface area contributed by atoms with Crippen molar-refractivity contribution in [2.45, 2.75) is 38.6 Å². The Morgan fingerprint density at radius 2 is 1.86 bits per heavy atom. The molecule has 2 aliphatic heterocycles. The zero-order valence-electron chi connectivity index (χ0n) is 16.8. The zero-order chi connectivity index (χ0) is 20.6. The summed E-state index contributed by atoms with van der Waals surface area (Å²) >= 11 is 0. The summed E-state index contributed by atoms with van der Waals surface area (Å²) < 4.78 is 0. The van der Waals surface area contributed by atoms with Gasteiger partial charge in [-0.15, -0.1) is 0 Å². The molecule has 0 atom stereocenters. The fraction of sp³-hybridized carbons (Fsp3) is 0.364. The molecule has 1 aromatic heterocycles. The van der Waals surface area contributed by atoms with Gasteiger partial charge < -0.3 is 10.6 Å². The molecule has 0 bridgehead atoms. The minimum absolute atomic E-state index is 0.000453. The van der Waals surface area contributed by atoms with Gasteiger partial charge in [0.2, 0.25) is 5.91 Å². The largest absolute Gasteiger partial charge is 0.351 e. The van der Waals surface area contributed by atoms with Gasteiger partial charge >= 0.3 is 6.03 Å². The average molecular weight is 391 g/mol. The number of benzene rings is 1. The van der Waals surface area contributed by atoms with Crippen LogP contribution in [-0.2, 0) is 16.8 Å². The number of likely N-dealkylation sites (tertiary alicyclic amines) is 1. The predicted octanol–water partition coefficient (Wildman–Crippen LogP) is 2.86. The lowest BCUT2D eigenvalue weighted by Crippen LogP contribution is -2.60. The molecule has 4 rings (SSSR count). The van der Waals surface area contributed by atoms with Crippen molar-refractivity contribution in [2.75, 3.05) is 18.0 Å². The summed E-state index contributed by atoms with van der Waals surface area (Å²) in [6, 6.07) is 7.63. The maximum atomic E-state index is 13.2. The summed E-state index contributed by atoms with van der Waals surface area (Å²) in [5.41, 5.74) is 8.99. The van der Waals surface area contributed by atoms with E-state index in [0.717, 1.165) is 22.4 Å². The molecule has 1 saturated heterocycles. The van der Waals surface area contributed by atoms with Gasteiger partial charge in [0.1, 0.15) is 0 Å². The number of carbonyl (C=O) groups excluding carboxylic acids is 2. The third-order valence-corrected chi connectivity index (χ3v) is 5.76. The van der Waals surface area contributed by atoms with Crippen LogP contribution in [0.5, 0.6) is 0 Å². The highest BCUT2D eigenvalue weighted by Gasteiger charge is 2.49. The summed E-state index contributed by atoms with van der Waals surface area (Å²) in [4.78, 5) is 37.4. The summed E-state index contributed by atoms with van der Waals surface area (Å²) in [5.74, 6) is 0.545. The lowest BCUT2D eigenvalue weighted by atomic mass is 9.74. The van der Waals surface area contributed by atoms with Crippen LogP contribution < -0.4 is 10.6 Å². The van der Waals surface area contributed by atoms with Gasteiger partial charge in [0.05, 0.1) is 30.0 Å². The van der Waals surface area contributed by atoms with Crippen molar-refractivity contribution in [1.82, 2.24) is 14.9 Å². The van der Waals surface area contributed by atoms with Crippen LogP contribution in [0.1, 0.15) is 43.5 Å². The van der Waals surface area contributed by atoms with Crippen LogP contribution in [0.3, 0.4) is 0 Å². The molecule has 0 aliphatic carbocycles.